The molecule has 0 heterocycles. The summed E-state index contributed by atoms with van der Waals surface area (Å²) in [5.41, 5.74) is 5.08. The standard InChI is InChI=1S/C32H20/c1-2-5-21(6-3-1)25-11-12-27-20-28(14-13-26(27)19-25)29-17-15-24-10-9-22-7-4-8-23-16-18-30(29)32(24)31(22)23/h1-20H. The van der Waals surface area contributed by atoms with Crippen molar-refractivity contribution in [3.63, 3.8) is 0 Å². The fourth-order valence-corrected chi connectivity index (χ4v) is 5.21. The lowest BCUT2D eigenvalue weighted by atomic mass is 9.89. The van der Waals surface area contributed by atoms with Gasteiger partial charge in [0.2, 0.25) is 0 Å². The highest BCUT2D eigenvalue weighted by atomic mass is 14.2. The number of rotatable bonds is 2. The van der Waals surface area contributed by atoms with Crippen molar-refractivity contribution < 1.29 is 0 Å². The topological polar surface area (TPSA) is 0 Å². The maximum absolute atomic E-state index is 2.33. The van der Waals surface area contributed by atoms with Gasteiger partial charge in [0.05, 0.1) is 0 Å². The minimum atomic E-state index is 1.25. The predicted molar refractivity (Wildman–Crippen MR) is 139 cm³/mol. The van der Waals surface area contributed by atoms with Gasteiger partial charge in [-0.2, -0.15) is 0 Å². The first-order chi connectivity index (χ1) is 15.8. The molecule has 32 heavy (non-hydrogen) atoms. The third kappa shape index (κ3) is 2.57. The van der Waals surface area contributed by atoms with E-state index in [0.29, 0.717) is 0 Å². The third-order valence-electron chi connectivity index (χ3n) is 6.79. The molecule has 0 fully saturated rings. The smallest absolute Gasteiger partial charge is 0.00206 e. The molecule has 0 unspecified atom stereocenters. The lowest BCUT2D eigenvalue weighted by Crippen LogP contribution is -1.87. The normalized spacial score (nSPS) is 11.8. The first-order valence-electron chi connectivity index (χ1n) is 11.1. The van der Waals surface area contributed by atoms with Crippen LogP contribution in [0.1, 0.15) is 0 Å². The Hall–Kier alpha value is -4.16. The molecular weight excluding hydrogens is 384 g/mol. The summed E-state index contributed by atoms with van der Waals surface area (Å²) in [5.74, 6) is 0. The molecule has 0 aromatic heterocycles. The molecule has 148 valence electrons. The van der Waals surface area contributed by atoms with Gasteiger partial charge in [0.15, 0.2) is 0 Å². The zero-order chi connectivity index (χ0) is 21.1. The van der Waals surface area contributed by atoms with Crippen molar-refractivity contribution in [1.29, 1.82) is 0 Å². The quantitative estimate of drug-likeness (QED) is 0.252. The SMILES string of the molecule is c1ccc(-c2ccc3cc(-c4ccc5ccc6cccc7ccc4c5c67)ccc3c2)cc1. The maximum Gasteiger partial charge on any atom is -0.00206 e. The van der Waals surface area contributed by atoms with Gasteiger partial charge in [-0.3, -0.25) is 0 Å². The van der Waals surface area contributed by atoms with E-state index in [1.165, 1.54) is 65.3 Å². The highest BCUT2D eigenvalue weighted by molar-refractivity contribution is 6.25. The number of benzene rings is 7. The second kappa shape index (κ2) is 6.67. The highest BCUT2D eigenvalue weighted by Gasteiger charge is 2.12. The molecule has 0 nitrogen and oxygen atoms in total. The minimum absolute atomic E-state index is 1.25. The van der Waals surface area contributed by atoms with Crippen LogP contribution in [0.4, 0.5) is 0 Å². The summed E-state index contributed by atoms with van der Waals surface area (Å²) in [4.78, 5) is 0. The molecule has 7 aromatic rings. The van der Waals surface area contributed by atoms with Crippen molar-refractivity contribution in [2.24, 2.45) is 0 Å². The van der Waals surface area contributed by atoms with E-state index in [1.54, 1.807) is 0 Å². The molecule has 0 N–H and O–H groups in total. The van der Waals surface area contributed by atoms with Crippen LogP contribution in [0.3, 0.4) is 0 Å². The summed E-state index contributed by atoms with van der Waals surface area (Å²) >= 11 is 0. The van der Waals surface area contributed by atoms with Crippen molar-refractivity contribution >= 4 is 43.1 Å². The summed E-state index contributed by atoms with van der Waals surface area (Å²) < 4.78 is 0. The van der Waals surface area contributed by atoms with Gasteiger partial charge in [0.1, 0.15) is 0 Å². The van der Waals surface area contributed by atoms with E-state index in [9.17, 15) is 0 Å². The van der Waals surface area contributed by atoms with Crippen LogP contribution in [-0.4, -0.2) is 0 Å². The number of hydrogen-bond acceptors (Lipinski definition) is 0. The maximum atomic E-state index is 2.33. The van der Waals surface area contributed by atoms with Gasteiger partial charge in [-0.15, -0.1) is 0 Å². The molecule has 7 rings (SSSR count). The van der Waals surface area contributed by atoms with Crippen molar-refractivity contribution in [3.05, 3.63) is 121 Å². The van der Waals surface area contributed by atoms with E-state index in [-0.39, 0.29) is 0 Å². The van der Waals surface area contributed by atoms with E-state index in [0.717, 1.165) is 0 Å². The Kier molecular flexibility index (Phi) is 3.65. The van der Waals surface area contributed by atoms with Crippen LogP contribution >= 0.6 is 0 Å². The Morgan fingerprint density at radius 2 is 0.906 bits per heavy atom. The fraction of sp³-hybridized carbons (Fsp3) is 0. The number of fused-ring (bicyclic) bond motifs is 1. The molecule has 7 aromatic carbocycles. The van der Waals surface area contributed by atoms with Crippen LogP contribution in [0.25, 0.3) is 65.3 Å². The van der Waals surface area contributed by atoms with Gasteiger partial charge in [-0.25, -0.2) is 0 Å². The third-order valence-corrected chi connectivity index (χ3v) is 6.79. The van der Waals surface area contributed by atoms with E-state index in [4.69, 9.17) is 0 Å². The minimum Gasteiger partial charge on any atom is -0.0622 e. The van der Waals surface area contributed by atoms with Gasteiger partial charge in [0.25, 0.3) is 0 Å². The monoisotopic (exact) mass is 404 g/mol. The van der Waals surface area contributed by atoms with Crippen molar-refractivity contribution in [3.8, 4) is 22.3 Å². The molecule has 0 bridgehead atoms. The van der Waals surface area contributed by atoms with E-state index < -0.39 is 0 Å². The molecule has 0 aliphatic heterocycles. The summed E-state index contributed by atoms with van der Waals surface area (Å²) in [7, 11) is 0. The van der Waals surface area contributed by atoms with Crippen molar-refractivity contribution in [1.82, 2.24) is 0 Å². The average Bonchev–Trinajstić information content (AvgIpc) is 2.87. The van der Waals surface area contributed by atoms with Gasteiger partial charge in [-0.1, -0.05) is 109 Å². The van der Waals surface area contributed by atoms with Crippen molar-refractivity contribution in [2.75, 3.05) is 0 Å². The fourth-order valence-electron chi connectivity index (χ4n) is 5.21. The molecule has 0 atom stereocenters. The summed E-state index contributed by atoms with van der Waals surface area (Å²) in [6, 6.07) is 44.4. The highest BCUT2D eigenvalue weighted by Crippen LogP contribution is 2.39. The van der Waals surface area contributed by atoms with Crippen LogP contribution in [0.2, 0.25) is 0 Å². The molecule has 0 radical (unpaired) electrons. The Morgan fingerprint density at radius 3 is 1.69 bits per heavy atom. The molecule has 0 saturated heterocycles. The molecule has 0 saturated carbocycles. The summed E-state index contributed by atoms with van der Waals surface area (Å²) in [5, 5.41) is 10.5. The Bertz CT molecular complexity index is 1740. The summed E-state index contributed by atoms with van der Waals surface area (Å²) in [6.45, 7) is 0. The van der Waals surface area contributed by atoms with Crippen molar-refractivity contribution in [2.45, 2.75) is 0 Å². The van der Waals surface area contributed by atoms with Crippen LogP contribution in [0.15, 0.2) is 121 Å². The van der Waals surface area contributed by atoms with E-state index >= 15 is 0 Å². The Morgan fingerprint density at radius 1 is 0.312 bits per heavy atom. The zero-order valence-electron chi connectivity index (χ0n) is 17.5. The van der Waals surface area contributed by atoms with Gasteiger partial charge in [-0.05, 0) is 77.5 Å². The molecule has 0 amide bonds. The van der Waals surface area contributed by atoms with Crippen LogP contribution in [0, 0.1) is 0 Å². The number of hydrogen-bond donors (Lipinski definition) is 0. The van der Waals surface area contributed by atoms with Gasteiger partial charge >= 0.3 is 0 Å². The molecule has 0 aliphatic carbocycles. The molecule has 0 aliphatic rings. The summed E-state index contributed by atoms with van der Waals surface area (Å²) in [6.07, 6.45) is 0. The largest absolute Gasteiger partial charge is 0.0622 e. The van der Waals surface area contributed by atoms with Gasteiger partial charge < -0.3 is 0 Å². The van der Waals surface area contributed by atoms with E-state index in [2.05, 4.69) is 121 Å². The second-order valence-corrected chi connectivity index (χ2v) is 8.61. The lowest BCUT2D eigenvalue weighted by Gasteiger charge is -2.14. The second-order valence-electron chi connectivity index (χ2n) is 8.61. The first-order valence-corrected chi connectivity index (χ1v) is 11.1. The zero-order valence-corrected chi connectivity index (χ0v) is 17.5. The van der Waals surface area contributed by atoms with Gasteiger partial charge in [0, 0.05) is 0 Å². The first kappa shape index (κ1) is 17.5. The molecule has 0 spiro atoms. The van der Waals surface area contributed by atoms with Crippen LogP contribution < -0.4 is 0 Å². The molecule has 0 heteroatoms. The lowest BCUT2D eigenvalue weighted by molar-refractivity contribution is 1.64. The Labute approximate surface area is 186 Å². The van der Waals surface area contributed by atoms with Crippen LogP contribution in [0.5, 0.6) is 0 Å². The molecular formula is C32H20. The predicted octanol–water partition coefficient (Wildman–Crippen LogP) is 9.07. The Balaban J connectivity index is 1.44. The van der Waals surface area contributed by atoms with Crippen LogP contribution in [-0.2, 0) is 0 Å². The average molecular weight is 405 g/mol. The van der Waals surface area contributed by atoms with E-state index in [1.807, 2.05) is 0 Å².